The molecule has 0 aliphatic heterocycles. The van der Waals surface area contributed by atoms with Gasteiger partial charge in [0.05, 0.1) is 13.7 Å². The van der Waals surface area contributed by atoms with Gasteiger partial charge in [-0.1, -0.05) is 0 Å². The Labute approximate surface area is 164 Å². The normalized spacial score (nSPS) is 11.0. The molecule has 2 rings (SSSR count). The van der Waals surface area contributed by atoms with Crippen LogP contribution < -0.4 is 20.7 Å². The molecule has 0 spiro atoms. The fourth-order valence-electron chi connectivity index (χ4n) is 2.33. The van der Waals surface area contributed by atoms with Crippen molar-refractivity contribution in [3.63, 3.8) is 0 Å². The fourth-order valence-corrected chi connectivity index (χ4v) is 2.33. The van der Waals surface area contributed by atoms with E-state index in [9.17, 15) is 27.2 Å². The van der Waals surface area contributed by atoms with Crippen LogP contribution in [0, 0.1) is 12.7 Å². The molecule has 0 aliphatic carbocycles. The fraction of sp³-hybridized carbons (Fsp3) is 0.263. The van der Waals surface area contributed by atoms with Gasteiger partial charge in [0.2, 0.25) is 5.91 Å². The van der Waals surface area contributed by atoms with Gasteiger partial charge < -0.3 is 20.7 Å². The number of nitrogens with one attached hydrogen (secondary N) is 3. The standard InChI is InChI=1S/C19H19F4N3O3/c1-11-15(20)7-12(18(28)25-10-19(21,22)23)8-16(11)24-9-17(27)26-13-3-5-14(29-2)6-4-13/h3-8,24H,9-10H2,1-2H3,(H,25,28)(H,26,27). The van der Waals surface area contributed by atoms with Gasteiger partial charge in [-0.05, 0) is 43.3 Å². The number of halogens is 4. The molecule has 0 saturated carbocycles. The highest BCUT2D eigenvalue weighted by atomic mass is 19.4. The first-order valence-corrected chi connectivity index (χ1v) is 8.42. The lowest BCUT2D eigenvalue weighted by Crippen LogP contribution is -2.33. The smallest absolute Gasteiger partial charge is 0.405 e. The minimum absolute atomic E-state index is 0.118. The first kappa shape index (κ1) is 22.0. The average Bonchev–Trinajstić information content (AvgIpc) is 2.67. The highest BCUT2D eigenvalue weighted by molar-refractivity contribution is 5.96. The summed E-state index contributed by atoms with van der Waals surface area (Å²) in [5.41, 5.74) is 0.456. The van der Waals surface area contributed by atoms with Crippen molar-refractivity contribution in [1.82, 2.24) is 5.32 Å². The molecule has 3 N–H and O–H groups in total. The third-order valence-electron chi connectivity index (χ3n) is 3.87. The molecule has 0 aromatic heterocycles. The Kier molecular flexibility index (Phi) is 7.03. The van der Waals surface area contributed by atoms with Gasteiger partial charge in [-0.3, -0.25) is 9.59 Å². The van der Waals surface area contributed by atoms with Crippen LogP contribution >= 0.6 is 0 Å². The largest absolute Gasteiger partial charge is 0.497 e. The predicted molar refractivity (Wildman–Crippen MR) is 99.6 cm³/mol. The summed E-state index contributed by atoms with van der Waals surface area (Å²) >= 11 is 0. The van der Waals surface area contributed by atoms with Gasteiger partial charge in [-0.2, -0.15) is 13.2 Å². The predicted octanol–water partition coefficient (Wildman–Crippen LogP) is 3.49. The Morgan fingerprint density at radius 2 is 1.76 bits per heavy atom. The summed E-state index contributed by atoms with van der Waals surface area (Å²) in [6, 6.07) is 8.60. The number of methoxy groups -OCH3 is 1. The van der Waals surface area contributed by atoms with Gasteiger partial charge in [0, 0.05) is 22.5 Å². The Balaban J connectivity index is 2.02. The number of alkyl halides is 3. The zero-order valence-electron chi connectivity index (χ0n) is 15.6. The molecule has 6 nitrogen and oxygen atoms in total. The van der Waals surface area contributed by atoms with Crippen molar-refractivity contribution in [3.05, 3.63) is 53.3 Å². The Hall–Kier alpha value is -3.30. The first-order chi connectivity index (χ1) is 13.6. The van der Waals surface area contributed by atoms with Crippen molar-refractivity contribution in [1.29, 1.82) is 0 Å². The van der Waals surface area contributed by atoms with Crippen LogP contribution in [0.4, 0.5) is 28.9 Å². The molecule has 0 heterocycles. The molecule has 2 aromatic carbocycles. The van der Waals surface area contributed by atoms with Gasteiger partial charge in [0.25, 0.3) is 5.91 Å². The van der Waals surface area contributed by atoms with E-state index >= 15 is 0 Å². The summed E-state index contributed by atoms with van der Waals surface area (Å²) in [6.07, 6.45) is -4.58. The van der Waals surface area contributed by atoms with Crippen molar-refractivity contribution < 1.29 is 31.9 Å². The molecule has 0 aliphatic rings. The van der Waals surface area contributed by atoms with E-state index in [-0.39, 0.29) is 23.4 Å². The molecule has 0 atom stereocenters. The van der Waals surface area contributed by atoms with E-state index in [4.69, 9.17) is 4.74 Å². The van der Waals surface area contributed by atoms with E-state index in [0.717, 1.165) is 6.07 Å². The molecule has 2 aromatic rings. The SMILES string of the molecule is COc1ccc(NC(=O)CNc2cc(C(=O)NCC(F)(F)F)cc(F)c2C)cc1. The van der Waals surface area contributed by atoms with Crippen LogP contribution in [-0.4, -0.2) is 38.2 Å². The second kappa shape index (κ2) is 9.26. The van der Waals surface area contributed by atoms with Crippen LogP contribution in [0.3, 0.4) is 0 Å². The monoisotopic (exact) mass is 413 g/mol. The molecule has 29 heavy (non-hydrogen) atoms. The number of hydrogen-bond acceptors (Lipinski definition) is 4. The van der Waals surface area contributed by atoms with Gasteiger partial charge in [-0.15, -0.1) is 0 Å². The van der Waals surface area contributed by atoms with Crippen molar-refractivity contribution in [3.8, 4) is 5.75 Å². The van der Waals surface area contributed by atoms with Gasteiger partial charge >= 0.3 is 6.18 Å². The maximum atomic E-state index is 14.1. The molecular formula is C19H19F4N3O3. The number of anilines is 2. The molecular weight excluding hydrogens is 394 g/mol. The van der Waals surface area contributed by atoms with Crippen molar-refractivity contribution in [2.45, 2.75) is 13.1 Å². The van der Waals surface area contributed by atoms with E-state index in [2.05, 4.69) is 10.6 Å². The Morgan fingerprint density at radius 1 is 1.10 bits per heavy atom. The summed E-state index contributed by atoms with van der Waals surface area (Å²) in [5.74, 6) is -1.69. The third-order valence-corrected chi connectivity index (χ3v) is 3.87. The second-order valence-corrected chi connectivity index (χ2v) is 6.06. The topological polar surface area (TPSA) is 79.5 Å². The summed E-state index contributed by atoms with van der Waals surface area (Å²) in [6.45, 7) is -0.370. The maximum Gasteiger partial charge on any atom is 0.405 e. The lowest BCUT2D eigenvalue weighted by molar-refractivity contribution is -0.123. The first-order valence-electron chi connectivity index (χ1n) is 8.42. The van der Waals surface area contributed by atoms with E-state index < -0.39 is 30.4 Å². The summed E-state index contributed by atoms with van der Waals surface area (Å²) in [5, 5.41) is 6.97. The molecule has 10 heteroatoms. The van der Waals surface area contributed by atoms with E-state index in [1.807, 2.05) is 0 Å². The quantitative estimate of drug-likeness (QED) is 0.608. The number of amides is 2. The van der Waals surface area contributed by atoms with Crippen LogP contribution in [0.1, 0.15) is 15.9 Å². The van der Waals surface area contributed by atoms with E-state index in [0.29, 0.717) is 11.4 Å². The van der Waals surface area contributed by atoms with Gasteiger partial charge in [0.15, 0.2) is 0 Å². The van der Waals surface area contributed by atoms with Crippen LogP contribution in [0.5, 0.6) is 5.75 Å². The zero-order valence-corrected chi connectivity index (χ0v) is 15.6. The lowest BCUT2D eigenvalue weighted by atomic mass is 10.1. The summed E-state index contributed by atoms with van der Waals surface area (Å²) in [7, 11) is 1.51. The molecule has 2 amide bonds. The Bertz CT molecular complexity index is 884. The number of rotatable bonds is 7. The van der Waals surface area contributed by atoms with Crippen molar-refractivity contribution >= 4 is 23.2 Å². The lowest BCUT2D eigenvalue weighted by Gasteiger charge is -2.14. The maximum absolute atomic E-state index is 14.1. The van der Waals surface area contributed by atoms with Gasteiger partial charge in [0.1, 0.15) is 18.1 Å². The Morgan fingerprint density at radius 3 is 2.34 bits per heavy atom. The zero-order chi connectivity index (χ0) is 21.6. The third kappa shape index (κ3) is 6.66. The number of benzene rings is 2. The highest BCUT2D eigenvalue weighted by Crippen LogP contribution is 2.21. The molecule has 0 fully saturated rings. The molecule has 0 bridgehead atoms. The minimum Gasteiger partial charge on any atom is -0.497 e. The second-order valence-electron chi connectivity index (χ2n) is 6.06. The van der Waals surface area contributed by atoms with Crippen molar-refractivity contribution in [2.24, 2.45) is 0 Å². The highest BCUT2D eigenvalue weighted by Gasteiger charge is 2.28. The molecule has 0 unspecified atom stereocenters. The molecule has 0 radical (unpaired) electrons. The molecule has 156 valence electrons. The number of carbonyl (C=O) groups excluding carboxylic acids is 2. The minimum atomic E-state index is -4.58. The number of hydrogen-bond donors (Lipinski definition) is 3. The summed E-state index contributed by atoms with van der Waals surface area (Å²) in [4.78, 5) is 23.9. The van der Waals surface area contributed by atoms with Crippen LogP contribution in [0.15, 0.2) is 36.4 Å². The van der Waals surface area contributed by atoms with Crippen LogP contribution in [-0.2, 0) is 4.79 Å². The number of ether oxygens (including phenoxy) is 1. The van der Waals surface area contributed by atoms with Gasteiger partial charge in [-0.25, -0.2) is 4.39 Å². The van der Waals surface area contributed by atoms with E-state index in [1.54, 1.807) is 29.6 Å². The van der Waals surface area contributed by atoms with Crippen molar-refractivity contribution in [2.75, 3.05) is 30.8 Å². The van der Waals surface area contributed by atoms with Crippen LogP contribution in [0.25, 0.3) is 0 Å². The number of carbonyl (C=O) groups is 2. The average molecular weight is 413 g/mol. The molecule has 0 saturated heterocycles. The van der Waals surface area contributed by atoms with Crippen LogP contribution in [0.2, 0.25) is 0 Å². The van der Waals surface area contributed by atoms with E-state index in [1.165, 1.54) is 20.1 Å². The summed E-state index contributed by atoms with van der Waals surface area (Å²) < 4.78 is 55.8.